The lowest BCUT2D eigenvalue weighted by atomic mass is 9.79. The fourth-order valence-corrected chi connectivity index (χ4v) is 2.62. The van der Waals surface area contributed by atoms with E-state index in [0.29, 0.717) is 5.46 Å². The average molecular weight is 318 g/mol. The van der Waals surface area contributed by atoms with Crippen molar-refractivity contribution in [3.63, 3.8) is 0 Å². The molecular weight excluding hydrogens is 301 g/mol. The first-order valence-corrected chi connectivity index (χ1v) is 8.00. The molecule has 0 radical (unpaired) electrons. The highest BCUT2D eigenvalue weighted by Gasteiger charge is 2.51. The molecule has 0 aliphatic carbocycles. The molecule has 0 spiro atoms. The summed E-state index contributed by atoms with van der Waals surface area (Å²) >= 11 is 0. The molecule has 4 nitrogen and oxygen atoms in total. The van der Waals surface area contributed by atoms with Gasteiger partial charge in [-0.05, 0) is 45.3 Å². The fraction of sp³-hybridized carbons (Fsp3) is 0.538. The summed E-state index contributed by atoms with van der Waals surface area (Å²) in [5.74, 6) is -3.43. The molecule has 8 heteroatoms. The van der Waals surface area contributed by atoms with E-state index in [4.69, 9.17) is 9.31 Å². The normalized spacial score (nSPS) is 21.0. The van der Waals surface area contributed by atoms with Crippen LogP contribution in [0.15, 0.2) is 29.2 Å². The zero-order chi connectivity index (χ0) is 16.1. The minimum atomic E-state index is -4.58. The van der Waals surface area contributed by atoms with Crippen molar-refractivity contribution in [3.05, 3.63) is 24.3 Å². The Morgan fingerprint density at radius 1 is 1.00 bits per heavy atom. The van der Waals surface area contributed by atoms with Crippen molar-refractivity contribution in [2.75, 3.05) is 0 Å². The highest BCUT2D eigenvalue weighted by molar-refractivity contribution is 7.91. The van der Waals surface area contributed by atoms with Crippen LogP contribution in [0.2, 0.25) is 0 Å². The molecule has 1 aromatic rings. The lowest BCUT2D eigenvalue weighted by Crippen LogP contribution is -2.41. The second-order valence-electron chi connectivity index (χ2n) is 5.96. The first-order chi connectivity index (χ1) is 9.47. The molecule has 0 bridgehead atoms. The van der Waals surface area contributed by atoms with E-state index in [9.17, 15) is 17.2 Å². The highest BCUT2D eigenvalue weighted by atomic mass is 32.2. The minimum absolute atomic E-state index is 0.419. The van der Waals surface area contributed by atoms with Crippen LogP contribution in [0.1, 0.15) is 27.7 Å². The highest BCUT2D eigenvalue weighted by Crippen LogP contribution is 2.36. The van der Waals surface area contributed by atoms with Crippen LogP contribution in [-0.2, 0) is 19.1 Å². The van der Waals surface area contributed by atoms with Crippen molar-refractivity contribution in [3.8, 4) is 0 Å². The number of halogens is 2. The molecule has 1 aliphatic rings. The molecule has 0 unspecified atom stereocenters. The van der Waals surface area contributed by atoms with E-state index in [1.165, 1.54) is 12.1 Å². The van der Waals surface area contributed by atoms with Gasteiger partial charge >= 0.3 is 12.9 Å². The van der Waals surface area contributed by atoms with E-state index < -0.39 is 38.8 Å². The molecule has 0 amide bonds. The van der Waals surface area contributed by atoms with Gasteiger partial charge in [0.25, 0.3) is 0 Å². The van der Waals surface area contributed by atoms with Gasteiger partial charge in [0, 0.05) is 0 Å². The third-order valence-electron chi connectivity index (χ3n) is 3.97. The molecule has 116 valence electrons. The van der Waals surface area contributed by atoms with Gasteiger partial charge < -0.3 is 9.31 Å². The Hall–Kier alpha value is -0.985. The van der Waals surface area contributed by atoms with Crippen LogP contribution >= 0.6 is 0 Å². The van der Waals surface area contributed by atoms with E-state index in [1.807, 2.05) is 27.7 Å². The summed E-state index contributed by atoms with van der Waals surface area (Å²) < 4.78 is 59.3. The Labute approximate surface area is 123 Å². The van der Waals surface area contributed by atoms with Crippen molar-refractivity contribution in [2.45, 2.75) is 49.6 Å². The first kappa shape index (κ1) is 16.4. The molecule has 0 N–H and O–H groups in total. The van der Waals surface area contributed by atoms with Crippen molar-refractivity contribution in [1.82, 2.24) is 0 Å². The molecule has 1 saturated heterocycles. The summed E-state index contributed by atoms with van der Waals surface area (Å²) in [6.45, 7) is 7.57. The Morgan fingerprint density at radius 2 is 1.43 bits per heavy atom. The second kappa shape index (κ2) is 5.03. The van der Waals surface area contributed by atoms with Crippen molar-refractivity contribution >= 4 is 22.4 Å². The molecular formula is C13H17BF2O4S. The third-order valence-corrected chi connectivity index (χ3v) is 5.37. The molecule has 1 heterocycles. The molecule has 2 rings (SSSR count). The number of rotatable bonds is 3. The topological polar surface area (TPSA) is 52.6 Å². The zero-order valence-corrected chi connectivity index (χ0v) is 13.1. The number of alkyl halides is 2. The van der Waals surface area contributed by atoms with Crippen molar-refractivity contribution in [1.29, 1.82) is 0 Å². The number of hydrogen-bond donors (Lipinski definition) is 0. The summed E-state index contributed by atoms with van der Waals surface area (Å²) in [7, 11) is -5.23. The summed E-state index contributed by atoms with van der Waals surface area (Å²) in [6.07, 6.45) is 0. The van der Waals surface area contributed by atoms with Crippen molar-refractivity contribution < 1.29 is 26.5 Å². The Kier molecular flexibility index (Phi) is 3.93. The van der Waals surface area contributed by atoms with Crippen LogP contribution < -0.4 is 5.46 Å². The van der Waals surface area contributed by atoms with E-state index in [-0.39, 0.29) is 0 Å². The van der Waals surface area contributed by atoms with E-state index in [1.54, 1.807) is 0 Å². The molecule has 1 aliphatic heterocycles. The predicted molar refractivity (Wildman–Crippen MR) is 75.3 cm³/mol. The molecule has 1 aromatic carbocycles. The summed E-state index contributed by atoms with van der Waals surface area (Å²) in [4.78, 5) is -0.419. The van der Waals surface area contributed by atoms with Crippen LogP contribution in [0.25, 0.3) is 0 Å². The van der Waals surface area contributed by atoms with Gasteiger partial charge in [-0.15, -0.1) is 0 Å². The number of hydrogen-bond acceptors (Lipinski definition) is 4. The minimum Gasteiger partial charge on any atom is -0.399 e. The van der Waals surface area contributed by atoms with Gasteiger partial charge in [-0.25, -0.2) is 8.42 Å². The van der Waals surface area contributed by atoms with Crippen LogP contribution in [0.3, 0.4) is 0 Å². The van der Waals surface area contributed by atoms with Crippen molar-refractivity contribution in [2.24, 2.45) is 0 Å². The molecule has 21 heavy (non-hydrogen) atoms. The van der Waals surface area contributed by atoms with Gasteiger partial charge in [0.05, 0.1) is 16.1 Å². The molecule has 0 aromatic heterocycles. The lowest BCUT2D eigenvalue weighted by molar-refractivity contribution is 0.00578. The Balaban J connectivity index is 2.26. The van der Waals surface area contributed by atoms with Gasteiger partial charge in [-0.2, -0.15) is 8.78 Å². The summed E-state index contributed by atoms with van der Waals surface area (Å²) in [5, 5.41) is 0. The average Bonchev–Trinajstić information content (AvgIpc) is 2.58. The third kappa shape index (κ3) is 2.84. The molecule has 1 fully saturated rings. The largest absolute Gasteiger partial charge is 0.494 e. The van der Waals surface area contributed by atoms with Gasteiger partial charge in [0.2, 0.25) is 9.84 Å². The van der Waals surface area contributed by atoms with Gasteiger partial charge in [0.15, 0.2) is 0 Å². The zero-order valence-electron chi connectivity index (χ0n) is 12.3. The molecule has 0 atom stereocenters. The fourth-order valence-electron chi connectivity index (χ4n) is 1.90. The van der Waals surface area contributed by atoms with Crippen LogP contribution in [0.5, 0.6) is 0 Å². The number of sulfone groups is 1. The van der Waals surface area contributed by atoms with Gasteiger partial charge in [-0.1, -0.05) is 12.1 Å². The smallest absolute Gasteiger partial charge is 0.399 e. The van der Waals surface area contributed by atoms with Gasteiger partial charge in [0.1, 0.15) is 0 Å². The lowest BCUT2D eigenvalue weighted by Gasteiger charge is -2.32. The maximum atomic E-state index is 12.5. The predicted octanol–water partition coefficient (Wildman–Crippen LogP) is 1.98. The Bertz CT molecular complexity index is 610. The molecule has 0 saturated carbocycles. The standard InChI is InChI=1S/C13H17BF2O4S/c1-12(2)13(3,4)20-14(19-12)9-5-7-10(8-6-9)21(17,18)11(15)16/h5-8,11H,1-4H3. The maximum absolute atomic E-state index is 12.5. The Morgan fingerprint density at radius 3 is 1.81 bits per heavy atom. The number of benzene rings is 1. The van der Waals surface area contributed by atoms with E-state index in [0.717, 1.165) is 12.1 Å². The van der Waals surface area contributed by atoms with E-state index in [2.05, 4.69) is 0 Å². The summed E-state index contributed by atoms with van der Waals surface area (Å²) in [5.41, 5.74) is -0.460. The van der Waals surface area contributed by atoms with Gasteiger partial charge in [-0.3, -0.25) is 0 Å². The monoisotopic (exact) mass is 318 g/mol. The second-order valence-corrected chi connectivity index (χ2v) is 7.88. The maximum Gasteiger partial charge on any atom is 0.494 e. The van der Waals surface area contributed by atoms with Crippen LogP contribution in [0.4, 0.5) is 8.78 Å². The van der Waals surface area contributed by atoms with E-state index >= 15 is 0 Å². The first-order valence-electron chi connectivity index (χ1n) is 6.45. The summed E-state index contributed by atoms with van der Waals surface area (Å²) in [6, 6.07) is 5.14. The quantitative estimate of drug-likeness (QED) is 0.800. The van der Waals surface area contributed by atoms with Crippen LogP contribution in [-0.4, -0.2) is 32.5 Å². The van der Waals surface area contributed by atoms with Crippen LogP contribution in [0, 0.1) is 0 Å². The SMILES string of the molecule is CC1(C)OB(c2ccc(S(=O)(=O)C(F)F)cc2)OC1(C)C.